The number of rotatable bonds is 2. The number of ether oxygens (including phenoxy) is 1. The Morgan fingerprint density at radius 3 is 2.71 bits per heavy atom. The van der Waals surface area contributed by atoms with E-state index in [1.165, 1.54) is 12.7 Å². The zero-order valence-corrected chi connectivity index (χ0v) is 9.45. The summed E-state index contributed by atoms with van der Waals surface area (Å²) < 4.78 is 4.27. The number of halogens is 1. The fraction of sp³-hybridized carbons (Fsp3) is 0.364. The zero-order chi connectivity index (χ0) is 10.2. The molecule has 1 saturated carbocycles. The molecule has 1 aliphatic rings. The highest BCUT2D eigenvalue weighted by molar-refractivity contribution is 9.10. The van der Waals surface area contributed by atoms with Crippen molar-refractivity contribution in [2.45, 2.75) is 16.7 Å². The number of carbonyl (C=O) groups is 1. The molecule has 2 atom stereocenters. The van der Waals surface area contributed by atoms with Gasteiger partial charge in [0.1, 0.15) is 4.32 Å². The number of carbonyl (C=O) groups excluding carboxylic acids is 1. The lowest BCUT2D eigenvalue weighted by atomic mass is 10.1. The molecule has 0 amide bonds. The van der Waals surface area contributed by atoms with Crippen molar-refractivity contribution in [3.05, 3.63) is 35.9 Å². The highest BCUT2D eigenvalue weighted by Crippen LogP contribution is 2.58. The molecule has 2 rings (SSSR count). The highest BCUT2D eigenvalue weighted by atomic mass is 79.9. The summed E-state index contributed by atoms with van der Waals surface area (Å²) in [6, 6.07) is 10.0. The smallest absolute Gasteiger partial charge is 0.323 e. The van der Waals surface area contributed by atoms with E-state index >= 15 is 0 Å². The van der Waals surface area contributed by atoms with Crippen LogP contribution in [0, 0.1) is 0 Å². The molecule has 14 heavy (non-hydrogen) atoms. The third-order valence-electron chi connectivity index (χ3n) is 2.62. The summed E-state index contributed by atoms with van der Waals surface area (Å²) in [4.78, 5) is 11.4. The largest absolute Gasteiger partial charge is 0.468 e. The molecule has 0 aromatic heterocycles. The normalized spacial score (nSPS) is 29.7. The molecule has 0 spiro atoms. The summed E-state index contributed by atoms with van der Waals surface area (Å²) in [6.07, 6.45) is 0.823. The summed E-state index contributed by atoms with van der Waals surface area (Å²) in [5, 5.41) is 0. The topological polar surface area (TPSA) is 26.3 Å². The molecule has 1 fully saturated rings. The zero-order valence-electron chi connectivity index (χ0n) is 7.87. The van der Waals surface area contributed by atoms with E-state index in [4.69, 9.17) is 4.74 Å². The fourth-order valence-electron chi connectivity index (χ4n) is 1.70. The number of alkyl halides is 1. The minimum Gasteiger partial charge on any atom is -0.468 e. The Bertz CT molecular complexity index is 350. The van der Waals surface area contributed by atoms with Crippen molar-refractivity contribution in [3.8, 4) is 0 Å². The first-order valence-electron chi connectivity index (χ1n) is 4.51. The molecule has 1 aliphatic carbocycles. The van der Waals surface area contributed by atoms with Gasteiger partial charge in [-0.2, -0.15) is 0 Å². The van der Waals surface area contributed by atoms with Crippen LogP contribution < -0.4 is 0 Å². The van der Waals surface area contributed by atoms with Crippen molar-refractivity contribution in [1.82, 2.24) is 0 Å². The van der Waals surface area contributed by atoms with Crippen LogP contribution in [0.25, 0.3) is 0 Å². The Morgan fingerprint density at radius 2 is 2.14 bits per heavy atom. The van der Waals surface area contributed by atoms with Gasteiger partial charge in [-0.15, -0.1) is 0 Å². The Balaban J connectivity index is 2.16. The van der Waals surface area contributed by atoms with Crippen LogP contribution in [-0.2, 0) is 9.53 Å². The van der Waals surface area contributed by atoms with E-state index < -0.39 is 4.32 Å². The van der Waals surface area contributed by atoms with Crippen LogP contribution in [0.4, 0.5) is 0 Å². The molecule has 0 radical (unpaired) electrons. The molecule has 2 nitrogen and oxygen atoms in total. The van der Waals surface area contributed by atoms with E-state index in [2.05, 4.69) is 15.9 Å². The first-order chi connectivity index (χ1) is 6.68. The predicted octanol–water partition coefficient (Wildman–Crippen LogP) is 2.48. The Morgan fingerprint density at radius 1 is 1.50 bits per heavy atom. The van der Waals surface area contributed by atoms with Crippen LogP contribution in [0.15, 0.2) is 30.3 Å². The predicted molar refractivity (Wildman–Crippen MR) is 57.5 cm³/mol. The van der Waals surface area contributed by atoms with Crippen molar-refractivity contribution in [3.63, 3.8) is 0 Å². The molecule has 1 unspecified atom stereocenters. The third-order valence-corrected chi connectivity index (χ3v) is 3.82. The van der Waals surface area contributed by atoms with Gasteiger partial charge >= 0.3 is 5.97 Å². The Kier molecular flexibility index (Phi) is 2.35. The fourth-order valence-corrected chi connectivity index (χ4v) is 2.45. The van der Waals surface area contributed by atoms with Gasteiger partial charge in [0.15, 0.2) is 0 Å². The molecule has 1 aromatic carbocycles. The van der Waals surface area contributed by atoms with Gasteiger partial charge in [-0.25, -0.2) is 0 Å². The van der Waals surface area contributed by atoms with Gasteiger partial charge in [0.25, 0.3) is 0 Å². The molecular weight excluding hydrogens is 244 g/mol. The van der Waals surface area contributed by atoms with Crippen molar-refractivity contribution >= 4 is 21.9 Å². The van der Waals surface area contributed by atoms with E-state index in [1.807, 2.05) is 30.3 Å². The van der Waals surface area contributed by atoms with Gasteiger partial charge in [-0.3, -0.25) is 4.79 Å². The standard InChI is InChI=1S/C11H11BrO2/c1-14-10(13)11(12)7-9(11)8-5-3-2-4-6-8/h2-6,9H,7H2,1H3/t9-,11?/m1/s1. The van der Waals surface area contributed by atoms with E-state index in [9.17, 15) is 4.79 Å². The van der Waals surface area contributed by atoms with Gasteiger partial charge in [0, 0.05) is 5.92 Å². The van der Waals surface area contributed by atoms with Crippen molar-refractivity contribution in [1.29, 1.82) is 0 Å². The van der Waals surface area contributed by atoms with E-state index in [-0.39, 0.29) is 11.9 Å². The van der Waals surface area contributed by atoms with E-state index in [0.717, 1.165) is 6.42 Å². The van der Waals surface area contributed by atoms with Crippen molar-refractivity contribution in [2.24, 2.45) is 0 Å². The summed E-state index contributed by atoms with van der Waals surface area (Å²) >= 11 is 3.44. The maximum absolute atomic E-state index is 11.4. The van der Waals surface area contributed by atoms with Gasteiger partial charge < -0.3 is 4.74 Å². The van der Waals surface area contributed by atoms with E-state index in [1.54, 1.807) is 0 Å². The van der Waals surface area contributed by atoms with Crippen molar-refractivity contribution < 1.29 is 9.53 Å². The second-order valence-electron chi connectivity index (χ2n) is 3.52. The van der Waals surface area contributed by atoms with Crippen LogP contribution in [0.2, 0.25) is 0 Å². The molecular formula is C11H11BrO2. The lowest BCUT2D eigenvalue weighted by Crippen LogP contribution is -2.18. The number of hydrogen-bond donors (Lipinski definition) is 0. The Labute approximate surface area is 91.4 Å². The van der Waals surface area contributed by atoms with Crippen LogP contribution in [-0.4, -0.2) is 17.4 Å². The first kappa shape index (κ1) is 9.71. The van der Waals surface area contributed by atoms with Crippen LogP contribution in [0.3, 0.4) is 0 Å². The molecule has 0 heterocycles. The summed E-state index contributed by atoms with van der Waals surface area (Å²) in [6.45, 7) is 0. The lowest BCUT2D eigenvalue weighted by molar-refractivity contribution is -0.140. The summed E-state index contributed by atoms with van der Waals surface area (Å²) in [7, 11) is 1.42. The quantitative estimate of drug-likeness (QED) is 0.599. The lowest BCUT2D eigenvalue weighted by Gasteiger charge is -2.06. The Hall–Kier alpha value is -0.830. The maximum atomic E-state index is 11.4. The number of methoxy groups -OCH3 is 1. The van der Waals surface area contributed by atoms with Crippen LogP contribution in [0.5, 0.6) is 0 Å². The van der Waals surface area contributed by atoms with Crippen LogP contribution in [0.1, 0.15) is 17.9 Å². The molecule has 3 heteroatoms. The van der Waals surface area contributed by atoms with Gasteiger partial charge in [-0.1, -0.05) is 46.3 Å². The summed E-state index contributed by atoms with van der Waals surface area (Å²) in [5.74, 6) is 0.0857. The molecule has 74 valence electrons. The highest BCUT2D eigenvalue weighted by Gasteiger charge is 2.59. The first-order valence-corrected chi connectivity index (χ1v) is 5.30. The molecule has 0 N–H and O–H groups in total. The second kappa shape index (κ2) is 3.39. The third kappa shape index (κ3) is 1.46. The van der Waals surface area contributed by atoms with Crippen LogP contribution >= 0.6 is 15.9 Å². The summed E-state index contributed by atoms with van der Waals surface area (Å²) in [5.41, 5.74) is 1.19. The molecule has 0 bridgehead atoms. The maximum Gasteiger partial charge on any atom is 0.323 e. The second-order valence-corrected chi connectivity index (χ2v) is 4.94. The SMILES string of the molecule is COC(=O)C1(Br)C[C@@H]1c1ccccc1. The minimum atomic E-state index is -0.469. The van der Waals surface area contributed by atoms with Gasteiger partial charge in [-0.05, 0) is 12.0 Å². The monoisotopic (exact) mass is 254 g/mol. The number of esters is 1. The molecule has 0 aliphatic heterocycles. The van der Waals surface area contributed by atoms with Gasteiger partial charge in [0.05, 0.1) is 7.11 Å². The minimum absolute atomic E-state index is 0.175. The average Bonchev–Trinajstić information content (AvgIpc) is 2.92. The molecule has 0 saturated heterocycles. The number of benzene rings is 1. The van der Waals surface area contributed by atoms with E-state index in [0.29, 0.717) is 0 Å². The average molecular weight is 255 g/mol. The number of hydrogen-bond acceptors (Lipinski definition) is 2. The van der Waals surface area contributed by atoms with Gasteiger partial charge in [0.2, 0.25) is 0 Å². The molecule has 1 aromatic rings. The van der Waals surface area contributed by atoms with Crippen molar-refractivity contribution in [2.75, 3.05) is 7.11 Å².